The molecule has 0 aliphatic rings. The van der Waals surface area contributed by atoms with Crippen LogP contribution in [0.15, 0.2) is 24.3 Å². The first-order chi connectivity index (χ1) is 12.7. The molecule has 0 saturated heterocycles. The van der Waals surface area contributed by atoms with Crippen LogP contribution in [0.5, 0.6) is 5.75 Å². The van der Waals surface area contributed by atoms with Crippen molar-refractivity contribution in [3.8, 4) is 5.75 Å². The summed E-state index contributed by atoms with van der Waals surface area (Å²) in [5.41, 5.74) is 6.65. The number of carbonyl (C=O) groups is 3. The number of imide groups is 1. The fourth-order valence-electron chi connectivity index (χ4n) is 2.25. The summed E-state index contributed by atoms with van der Waals surface area (Å²) in [6.07, 6.45) is 1.20. The lowest BCUT2D eigenvalue weighted by Gasteiger charge is -2.17. The molecule has 6 N–H and O–H groups in total. The van der Waals surface area contributed by atoms with Crippen LogP contribution in [0.1, 0.15) is 32.8 Å². The summed E-state index contributed by atoms with van der Waals surface area (Å²) in [6, 6.07) is 4.63. The summed E-state index contributed by atoms with van der Waals surface area (Å²) in [6.45, 7) is 6.39. The van der Waals surface area contributed by atoms with Crippen molar-refractivity contribution >= 4 is 17.7 Å². The Kier molecular flexibility index (Phi) is 9.46. The van der Waals surface area contributed by atoms with Crippen molar-refractivity contribution < 1.29 is 19.5 Å². The Hall–Kier alpha value is -2.45. The minimum absolute atomic E-state index is 0.0412. The number of carbonyl (C=O) groups excluding carboxylic acids is 3. The Morgan fingerprint density at radius 1 is 1.07 bits per heavy atom. The quantitative estimate of drug-likeness (QED) is 0.365. The molecule has 0 heterocycles. The maximum Gasteiger partial charge on any atom is 0.248 e. The average Bonchev–Trinajstić information content (AvgIpc) is 2.60. The lowest BCUT2D eigenvalue weighted by molar-refractivity contribution is -0.133. The molecule has 0 saturated carbocycles. The summed E-state index contributed by atoms with van der Waals surface area (Å²) >= 11 is 0. The molecule has 8 nitrogen and oxygen atoms in total. The molecule has 0 unspecified atom stereocenters. The number of hydrogen-bond acceptors (Lipinski definition) is 6. The molecule has 3 amide bonds. The fraction of sp³-hybridized carbons (Fsp3) is 0.526. The van der Waals surface area contributed by atoms with Crippen LogP contribution in [0.25, 0.3) is 0 Å². The monoisotopic (exact) mass is 378 g/mol. The maximum absolute atomic E-state index is 12.1. The topological polar surface area (TPSA) is 134 Å². The van der Waals surface area contributed by atoms with Crippen LogP contribution in [0, 0.1) is 5.92 Å². The number of phenolic OH excluding ortho intramolecular Hbond substituents is 1. The first-order valence-electron chi connectivity index (χ1n) is 9.07. The molecule has 0 radical (unpaired) electrons. The lowest BCUT2D eigenvalue weighted by atomic mass is 10.1. The SMILES string of the molecule is CC(C)CCNCC(=O)NC(=O)[C@@H](C)NC(=O)[C@H](N)Cc1ccc(O)cc1. The first-order valence-corrected chi connectivity index (χ1v) is 9.07. The molecule has 8 heteroatoms. The number of nitrogens with two attached hydrogens (primary N) is 1. The average molecular weight is 378 g/mol. The van der Waals surface area contributed by atoms with Crippen molar-refractivity contribution in [3.05, 3.63) is 29.8 Å². The van der Waals surface area contributed by atoms with Crippen molar-refractivity contribution in [1.82, 2.24) is 16.0 Å². The van der Waals surface area contributed by atoms with Gasteiger partial charge in [-0.2, -0.15) is 0 Å². The number of benzene rings is 1. The van der Waals surface area contributed by atoms with Crippen LogP contribution < -0.4 is 21.7 Å². The molecule has 0 aromatic heterocycles. The third-order valence-corrected chi connectivity index (χ3v) is 3.93. The smallest absolute Gasteiger partial charge is 0.248 e. The van der Waals surface area contributed by atoms with Gasteiger partial charge >= 0.3 is 0 Å². The minimum atomic E-state index is -0.886. The number of rotatable bonds is 10. The van der Waals surface area contributed by atoms with Crippen molar-refractivity contribution in [2.24, 2.45) is 11.7 Å². The zero-order valence-electron chi connectivity index (χ0n) is 16.1. The van der Waals surface area contributed by atoms with Gasteiger partial charge in [0, 0.05) is 0 Å². The minimum Gasteiger partial charge on any atom is -0.508 e. The molecule has 1 aromatic carbocycles. The standard InChI is InChI=1S/C19H30N4O4/c1-12(2)8-9-21-11-17(25)23-18(26)13(3)22-19(27)16(20)10-14-4-6-15(24)7-5-14/h4-7,12-13,16,21,24H,8-11,20H2,1-3H3,(H,22,27)(H,23,25,26)/t13-,16-/m1/s1. The van der Waals surface area contributed by atoms with E-state index in [0.717, 1.165) is 12.0 Å². The van der Waals surface area contributed by atoms with Gasteiger partial charge in [-0.1, -0.05) is 26.0 Å². The summed E-state index contributed by atoms with van der Waals surface area (Å²) in [5.74, 6) is -0.865. The van der Waals surface area contributed by atoms with Gasteiger partial charge in [0.25, 0.3) is 0 Å². The van der Waals surface area contributed by atoms with Gasteiger partial charge in [0.2, 0.25) is 17.7 Å². The lowest BCUT2D eigenvalue weighted by Crippen LogP contribution is -2.52. The number of phenols is 1. The Labute approximate surface area is 159 Å². The van der Waals surface area contributed by atoms with E-state index in [1.807, 2.05) is 0 Å². The van der Waals surface area contributed by atoms with E-state index in [9.17, 15) is 19.5 Å². The van der Waals surface area contributed by atoms with E-state index in [2.05, 4.69) is 29.8 Å². The van der Waals surface area contributed by atoms with Crippen LogP contribution in [0.4, 0.5) is 0 Å². The van der Waals surface area contributed by atoms with Gasteiger partial charge < -0.3 is 21.5 Å². The van der Waals surface area contributed by atoms with Crippen molar-refractivity contribution in [2.75, 3.05) is 13.1 Å². The molecule has 0 aliphatic carbocycles. The van der Waals surface area contributed by atoms with Gasteiger partial charge in [-0.05, 0) is 49.9 Å². The van der Waals surface area contributed by atoms with E-state index in [0.29, 0.717) is 12.5 Å². The summed E-state index contributed by atoms with van der Waals surface area (Å²) in [4.78, 5) is 35.9. The number of hydrogen-bond donors (Lipinski definition) is 5. The number of aromatic hydroxyl groups is 1. The summed E-state index contributed by atoms with van der Waals surface area (Å²) < 4.78 is 0. The molecule has 1 aromatic rings. The molecule has 1 rings (SSSR count). The molecule has 0 fully saturated rings. The highest BCUT2D eigenvalue weighted by Gasteiger charge is 2.21. The molecule has 0 spiro atoms. The third kappa shape index (κ3) is 9.16. The third-order valence-electron chi connectivity index (χ3n) is 3.93. The van der Waals surface area contributed by atoms with Crippen molar-refractivity contribution in [2.45, 2.75) is 45.7 Å². The molecule has 2 atom stereocenters. The Balaban J connectivity index is 2.36. The van der Waals surface area contributed by atoms with Gasteiger partial charge in [0.15, 0.2) is 0 Å². The predicted molar refractivity (Wildman–Crippen MR) is 103 cm³/mol. The van der Waals surface area contributed by atoms with Crippen LogP contribution in [-0.2, 0) is 20.8 Å². The largest absolute Gasteiger partial charge is 0.508 e. The fourth-order valence-corrected chi connectivity index (χ4v) is 2.25. The number of amides is 3. The molecular formula is C19H30N4O4. The second-order valence-corrected chi connectivity index (χ2v) is 6.98. The molecular weight excluding hydrogens is 348 g/mol. The predicted octanol–water partition coefficient (Wildman–Crippen LogP) is 0.0452. The molecule has 0 aliphatic heterocycles. The van der Waals surface area contributed by atoms with Crippen molar-refractivity contribution in [3.63, 3.8) is 0 Å². The van der Waals surface area contributed by atoms with E-state index in [-0.39, 0.29) is 18.7 Å². The van der Waals surface area contributed by atoms with Gasteiger partial charge in [-0.25, -0.2) is 0 Å². The van der Waals surface area contributed by atoms with Gasteiger partial charge in [0.1, 0.15) is 11.8 Å². The summed E-state index contributed by atoms with van der Waals surface area (Å²) in [5, 5.41) is 17.0. The normalized spacial score (nSPS) is 13.1. The van der Waals surface area contributed by atoms with Crippen LogP contribution in [0.2, 0.25) is 0 Å². The van der Waals surface area contributed by atoms with Crippen LogP contribution >= 0.6 is 0 Å². The second kappa shape index (κ2) is 11.3. The molecule has 27 heavy (non-hydrogen) atoms. The molecule has 0 bridgehead atoms. The van der Waals surface area contributed by atoms with Gasteiger partial charge in [0.05, 0.1) is 12.6 Å². The van der Waals surface area contributed by atoms with E-state index in [1.54, 1.807) is 12.1 Å². The highest BCUT2D eigenvalue weighted by molar-refractivity contribution is 6.00. The number of nitrogens with one attached hydrogen (secondary N) is 3. The Morgan fingerprint density at radius 2 is 1.70 bits per heavy atom. The van der Waals surface area contributed by atoms with Gasteiger partial charge in [-0.3, -0.25) is 19.7 Å². The Bertz CT molecular complexity index is 631. The second-order valence-electron chi connectivity index (χ2n) is 6.98. The van der Waals surface area contributed by atoms with Gasteiger partial charge in [-0.15, -0.1) is 0 Å². The van der Waals surface area contributed by atoms with E-state index < -0.39 is 29.8 Å². The Morgan fingerprint density at radius 3 is 2.30 bits per heavy atom. The molecule has 150 valence electrons. The van der Waals surface area contributed by atoms with Crippen LogP contribution in [0.3, 0.4) is 0 Å². The maximum atomic E-state index is 12.1. The zero-order chi connectivity index (χ0) is 20.4. The highest BCUT2D eigenvalue weighted by Crippen LogP contribution is 2.10. The zero-order valence-corrected chi connectivity index (χ0v) is 16.1. The van der Waals surface area contributed by atoms with E-state index >= 15 is 0 Å². The van der Waals surface area contributed by atoms with E-state index in [4.69, 9.17) is 5.73 Å². The summed E-state index contributed by atoms with van der Waals surface area (Å²) in [7, 11) is 0. The van der Waals surface area contributed by atoms with Crippen LogP contribution in [-0.4, -0.2) is 48.0 Å². The van der Waals surface area contributed by atoms with E-state index in [1.165, 1.54) is 19.1 Å². The first kappa shape index (κ1) is 22.6. The van der Waals surface area contributed by atoms with Crippen molar-refractivity contribution in [1.29, 1.82) is 0 Å². The highest BCUT2D eigenvalue weighted by atomic mass is 16.3.